The first-order chi connectivity index (χ1) is 7.08. The van der Waals surface area contributed by atoms with Gasteiger partial charge in [0.1, 0.15) is 0 Å². The number of carbonyl (C=O) groups excluding carboxylic acids is 1. The first-order valence-corrected chi connectivity index (χ1v) is 4.56. The van der Waals surface area contributed by atoms with E-state index < -0.39 is 11.9 Å². The number of carboxylic acid groups (broad SMARTS) is 1. The Morgan fingerprint density at radius 1 is 1.27 bits per heavy atom. The Bertz CT molecular complexity index is 198. The van der Waals surface area contributed by atoms with Crippen molar-refractivity contribution in [3.8, 4) is 0 Å². The van der Waals surface area contributed by atoms with E-state index in [4.69, 9.17) is 5.11 Å². The van der Waals surface area contributed by atoms with Crippen molar-refractivity contribution in [2.75, 3.05) is 20.8 Å². The summed E-state index contributed by atoms with van der Waals surface area (Å²) < 4.78 is 8.89. The third-order valence-corrected chi connectivity index (χ3v) is 1.10. The van der Waals surface area contributed by atoms with Crippen molar-refractivity contribution in [1.82, 2.24) is 0 Å². The van der Waals surface area contributed by atoms with Crippen LogP contribution in [0, 0.1) is 0 Å². The zero-order valence-corrected chi connectivity index (χ0v) is 9.36. The summed E-state index contributed by atoms with van der Waals surface area (Å²) in [4.78, 5) is 20.6. The molecule has 0 aliphatic carbocycles. The van der Waals surface area contributed by atoms with Crippen LogP contribution < -0.4 is 0 Å². The van der Waals surface area contributed by atoms with Crippen LogP contribution in [0.15, 0.2) is 12.2 Å². The minimum atomic E-state index is -1.15. The highest BCUT2D eigenvalue weighted by molar-refractivity contribution is 5.90. The van der Waals surface area contributed by atoms with Gasteiger partial charge in [-0.1, -0.05) is 13.3 Å². The molecular weight excluding hydrogens is 200 g/mol. The summed E-state index contributed by atoms with van der Waals surface area (Å²) in [6.45, 7) is 2.32. The molecule has 0 heterocycles. The van der Waals surface area contributed by atoms with Gasteiger partial charge in [0.05, 0.1) is 6.61 Å². The molecular formula is C10H18O5. The van der Waals surface area contributed by atoms with Gasteiger partial charge in [-0.2, -0.15) is 0 Å². The van der Waals surface area contributed by atoms with E-state index in [1.807, 2.05) is 6.92 Å². The second-order valence-electron chi connectivity index (χ2n) is 2.60. The molecule has 0 aromatic heterocycles. The minimum Gasteiger partial charge on any atom is -0.478 e. The van der Waals surface area contributed by atoms with Gasteiger partial charge in [-0.15, -0.1) is 0 Å². The molecule has 0 atom stereocenters. The number of unbranched alkanes of at least 4 members (excludes halogenated alkanes) is 1. The molecule has 0 fully saturated rings. The minimum absolute atomic E-state index is 0.347. The molecule has 0 aliphatic rings. The molecule has 88 valence electrons. The second-order valence-corrected chi connectivity index (χ2v) is 2.60. The largest absolute Gasteiger partial charge is 0.478 e. The quantitative estimate of drug-likeness (QED) is 0.427. The lowest BCUT2D eigenvalue weighted by Gasteiger charge is -1.97. The van der Waals surface area contributed by atoms with Gasteiger partial charge in [0.15, 0.2) is 0 Å². The maximum atomic E-state index is 10.6. The van der Waals surface area contributed by atoms with E-state index in [2.05, 4.69) is 9.47 Å². The molecule has 0 unspecified atom stereocenters. The Kier molecular flexibility index (Phi) is 13.6. The Hall–Kier alpha value is -1.36. The summed E-state index contributed by atoms with van der Waals surface area (Å²) in [5, 5.41) is 8.14. The summed E-state index contributed by atoms with van der Waals surface area (Å²) in [7, 11) is 3.25. The number of hydrogen-bond donors (Lipinski definition) is 1. The molecule has 0 saturated carbocycles. The van der Waals surface area contributed by atoms with Crippen molar-refractivity contribution in [3.63, 3.8) is 0 Å². The van der Waals surface area contributed by atoms with Gasteiger partial charge in [-0.05, 0) is 6.42 Å². The second kappa shape index (κ2) is 12.6. The van der Waals surface area contributed by atoms with Crippen LogP contribution in [-0.4, -0.2) is 37.9 Å². The van der Waals surface area contributed by atoms with Gasteiger partial charge < -0.3 is 14.6 Å². The fourth-order valence-corrected chi connectivity index (χ4v) is 0.505. The molecule has 0 saturated heterocycles. The Labute approximate surface area is 89.7 Å². The van der Waals surface area contributed by atoms with Gasteiger partial charge in [0.25, 0.3) is 0 Å². The first-order valence-electron chi connectivity index (χ1n) is 4.56. The van der Waals surface area contributed by atoms with Gasteiger partial charge in [-0.25, -0.2) is 9.59 Å². The van der Waals surface area contributed by atoms with E-state index in [1.165, 1.54) is 0 Å². The summed E-state index contributed by atoms with van der Waals surface area (Å²) in [6, 6.07) is 0. The Morgan fingerprint density at radius 2 is 1.80 bits per heavy atom. The average molecular weight is 218 g/mol. The fraction of sp³-hybridized carbons (Fsp3) is 0.600. The van der Waals surface area contributed by atoms with Crippen molar-refractivity contribution in [3.05, 3.63) is 12.2 Å². The van der Waals surface area contributed by atoms with Gasteiger partial charge >= 0.3 is 11.9 Å². The van der Waals surface area contributed by atoms with Crippen LogP contribution in [0.2, 0.25) is 0 Å². The van der Waals surface area contributed by atoms with E-state index in [0.717, 1.165) is 25.0 Å². The van der Waals surface area contributed by atoms with Crippen LogP contribution in [0.5, 0.6) is 0 Å². The van der Waals surface area contributed by atoms with Crippen molar-refractivity contribution in [2.45, 2.75) is 19.8 Å². The number of aliphatic carboxylic acids is 1. The lowest BCUT2D eigenvalue weighted by molar-refractivity contribution is -0.138. The lowest BCUT2D eigenvalue weighted by atomic mass is 10.4. The van der Waals surface area contributed by atoms with Gasteiger partial charge in [0.2, 0.25) is 0 Å². The predicted octanol–water partition coefficient (Wildman–Crippen LogP) is 1.23. The van der Waals surface area contributed by atoms with Crippen molar-refractivity contribution >= 4 is 11.9 Å². The van der Waals surface area contributed by atoms with Crippen LogP contribution in [0.25, 0.3) is 0 Å². The van der Waals surface area contributed by atoms with Gasteiger partial charge in [-0.3, -0.25) is 0 Å². The molecule has 5 heteroatoms. The molecule has 0 amide bonds. The average Bonchev–Trinajstić information content (AvgIpc) is 2.16. The van der Waals surface area contributed by atoms with Crippen molar-refractivity contribution < 1.29 is 24.2 Å². The summed E-state index contributed by atoms with van der Waals surface area (Å²) >= 11 is 0. The number of rotatable bonds is 5. The monoisotopic (exact) mass is 218 g/mol. The SMILES string of the molecule is CCCCOC(=O)/C=C\C(=O)O.COC. The molecule has 0 aromatic rings. The number of carboxylic acids is 1. The van der Waals surface area contributed by atoms with Crippen LogP contribution in [0.3, 0.4) is 0 Å². The number of ether oxygens (including phenoxy) is 2. The summed E-state index contributed by atoms with van der Waals surface area (Å²) in [5.74, 6) is -1.76. The zero-order valence-electron chi connectivity index (χ0n) is 9.36. The third-order valence-electron chi connectivity index (χ3n) is 1.10. The predicted molar refractivity (Wildman–Crippen MR) is 55.6 cm³/mol. The maximum absolute atomic E-state index is 10.6. The summed E-state index contributed by atoms with van der Waals surface area (Å²) in [6.07, 6.45) is 3.40. The molecule has 0 rings (SSSR count). The van der Waals surface area contributed by atoms with Crippen LogP contribution >= 0.6 is 0 Å². The molecule has 0 aliphatic heterocycles. The molecule has 0 spiro atoms. The highest BCUT2D eigenvalue weighted by atomic mass is 16.5. The zero-order chi connectivity index (χ0) is 12.1. The molecule has 1 N–H and O–H groups in total. The maximum Gasteiger partial charge on any atom is 0.331 e. The smallest absolute Gasteiger partial charge is 0.331 e. The number of methoxy groups -OCH3 is 1. The summed E-state index contributed by atoms with van der Waals surface area (Å²) in [5.41, 5.74) is 0. The van der Waals surface area contributed by atoms with E-state index in [0.29, 0.717) is 6.61 Å². The fourth-order valence-electron chi connectivity index (χ4n) is 0.505. The topological polar surface area (TPSA) is 72.8 Å². The Balaban J connectivity index is 0. The van der Waals surface area contributed by atoms with Crippen LogP contribution in [0.4, 0.5) is 0 Å². The van der Waals surface area contributed by atoms with Gasteiger partial charge in [0, 0.05) is 26.4 Å². The lowest BCUT2D eigenvalue weighted by Crippen LogP contribution is -2.02. The standard InChI is InChI=1S/C8H12O4.C2H6O/c1-2-3-6-12-8(11)5-4-7(9)10;1-3-2/h4-5H,2-3,6H2,1H3,(H,9,10);1-2H3/b5-4-;. The number of carbonyl (C=O) groups is 2. The van der Waals surface area contributed by atoms with E-state index in [1.54, 1.807) is 14.2 Å². The van der Waals surface area contributed by atoms with Crippen molar-refractivity contribution in [2.24, 2.45) is 0 Å². The van der Waals surface area contributed by atoms with Crippen LogP contribution in [-0.2, 0) is 19.1 Å². The Morgan fingerprint density at radius 3 is 2.20 bits per heavy atom. The van der Waals surface area contributed by atoms with Crippen molar-refractivity contribution in [1.29, 1.82) is 0 Å². The first kappa shape index (κ1) is 16.1. The van der Waals surface area contributed by atoms with E-state index in [9.17, 15) is 9.59 Å². The molecule has 0 aromatic carbocycles. The van der Waals surface area contributed by atoms with E-state index >= 15 is 0 Å². The van der Waals surface area contributed by atoms with Crippen LogP contribution in [0.1, 0.15) is 19.8 Å². The highest BCUT2D eigenvalue weighted by Crippen LogP contribution is 1.89. The number of hydrogen-bond acceptors (Lipinski definition) is 4. The third kappa shape index (κ3) is 19.2. The highest BCUT2D eigenvalue weighted by Gasteiger charge is 1.96. The molecule has 5 nitrogen and oxygen atoms in total. The molecule has 0 radical (unpaired) electrons. The molecule has 15 heavy (non-hydrogen) atoms. The molecule has 0 bridgehead atoms. The number of esters is 1. The van der Waals surface area contributed by atoms with E-state index in [-0.39, 0.29) is 0 Å². The normalized spacial score (nSPS) is 9.27.